The summed E-state index contributed by atoms with van der Waals surface area (Å²) in [5.41, 5.74) is 2.19. The Hall–Kier alpha value is -1.92. The largest absolute Gasteiger partial charge is 0.396 e. The zero-order valence-corrected chi connectivity index (χ0v) is 15.0. The number of aliphatic hydroxyl groups excluding tert-OH is 1. The molecular weight excluding hydrogens is 322 g/mol. The van der Waals surface area contributed by atoms with Crippen molar-refractivity contribution in [3.8, 4) is 0 Å². The van der Waals surface area contributed by atoms with Crippen molar-refractivity contribution in [2.24, 2.45) is 0 Å². The van der Waals surface area contributed by atoms with Crippen LogP contribution in [0.2, 0.25) is 0 Å². The van der Waals surface area contributed by atoms with Gasteiger partial charge in [-0.15, -0.1) is 11.3 Å². The van der Waals surface area contributed by atoms with Crippen LogP contribution in [0.4, 0.5) is 4.79 Å². The van der Waals surface area contributed by atoms with Crippen LogP contribution >= 0.6 is 11.3 Å². The fourth-order valence-corrected chi connectivity index (χ4v) is 3.41. The molecule has 0 saturated heterocycles. The van der Waals surface area contributed by atoms with Crippen molar-refractivity contribution in [1.82, 2.24) is 15.6 Å². The smallest absolute Gasteiger partial charge is 0.314 e. The van der Waals surface area contributed by atoms with Crippen molar-refractivity contribution in [3.05, 3.63) is 51.5 Å². The summed E-state index contributed by atoms with van der Waals surface area (Å²) in [6.07, 6.45) is 1.37. The fraction of sp³-hybridized carbons (Fsp3) is 0.444. The molecule has 0 radical (unpaired) electrons. The van der Waals surface area contributed by atoms with E-state index in [1.54, 1.807) is 11.3 Å². The summed E-state index contributed by atoms with van der Waals surface area (Å²) in [4.78, 5) is 17.6. The third kappa shape index (κ3) is 5.62. The van der Waals surface area contributed by atoms with Gasteiger partial charge in [0.15, 0.2) is 0 Å². The molecule has 5 nitrogen and oxygen atoms in total. The van der Waals surface area contributed by atoms with Crippen molar-refractivity contribution in [1.29, 1.82) is 0 Å². The van der Waals surface area contributed by atoms with E-state index in [0.717, 1.165) is 22.7 Å². The van der Waals surface area contributed by atoms with Crippen LogP contribution < -0.4 is 10.6 Å². The van der Waals surface area contributed by atoms with Crippen LogP contribution in [0.1, 0.15) is 33.5 Å². The molecule has 24 heavy (non-hydrogen) atoms. The van der Waals surface area contributed by atoms with Crippen molar-refractivity contribution in [2.45, 2.75) is 32.6 Å². The maximum absolute atomic E-state index is 11.9. The van der Waals surface area contributed by atoms with Gasteiger partial charge in [-0.2, -0.15) is 0 Å². The van der Waals surface area contributed by atoms with Crippen LogP contribution in [-0.4, -0.2) is 35.8 Å². The molecule has 130 valence electrons. The van der Waals surface area contributed by atoms with E-state index in [9.17, 15) is 9.90 Å². The molecule has 2 amide bonds. The Kier molecular flexibility index (Phi) is 7.21. The number of rotatable bonds is 8. The van der Waals surface area contributed by atoms with Crippen molar-refractivity contribution < 1.29 is 9.90 Å². The number of thiazole rings is 1. The highest BCUT2D eigenvalue weighted by Gasteiger charge is 2.12. The Labute approximate surface area is 147 Å². The highest BCUT2D eigenvalue weighted by molar-refractivity contribution is 7.11. The first-order valence-corrected chi connectivity index (χ1v) is 9.02. The second kappa shape index (κ2) is 9.39. The number of aliphatic hydroxyl groups is 1. The molecular formula is C18H25N3O2S. The van der Waals surface area contributed by atoms with Crippen LogP contribution in [0.15, 0.2) is 30.3 Å². The van der Waals surface area contributed by atoms with E-state index in [1.165, 1.54) is 4.88 Å². The molecule has 0 bridgehead atoms. The van der Waals surface area contributed by atoms with Gasteiger partial charge in [0.25, 0.3) is 0 Å². The zero-order valence-electron chi connectivity index (χ0n) is 14.2. The minimum Gasteiger partial charge on any atom is -0.396 e. The average molecular weight is 347 g/mol. The number of amides is 2. The summed E-state index contributed by atoms with van der Waals surface area (Å²) in [5.74, 6) is 0.117. The third-order valence-electron chi connectivity index (χ3n) is 3.95. The first kappa shape index (κ1) is 18.4. The van der Waals surface area contributed by atoms with Gasteiger partial charge in [0.2, 0.25) is 0 Å². The molecule has 2 aromatic rings. The van der Waals surface area contributed by atoms with E-state index in [-0.39, 0.29) is 18.6 Å². The van der Waals surface area contributed by atoms with E-state index in [0.29, 0.717) is 19.5 Å². The first-order chi connectivity index (χ1) is 11.6. The van der Waals surface area contributed by atoms with Crippen molar-refractivity contribution >= 4 is 17.4 Å². The molecule has 6 heteroatoms. The second-order valence-electron chi connectivity index (χ2n) is 5.76. The molecule has 1 heterocycles. The molecule has 1 aromatic carbocycles. The number of carbonyl (C=O) groups excluding carboxylic acids is 1. The molecule has 0 fully saturated rings. The van der Waals surface area contributed by atoms with Gasteiger partial charge in [0.05, 0.1) is 10.7 Å². The van der Waals surface area contributed by atoms with E-state index < -0.39 is 0 Å². The van der Waals surface area contributed by atoms with Crippen LogP contribution in [0, 0.1) is 13.8 Å². The van der Waals surface area contributed by atoms with Crippen LogP contribution in [0.5, 0.6) is 0 Å². The molecule has 0 spiro atoms. The average Bonchev–Trinajstić information content (AvgIpc) is 2.90. The fourth-order valence-electron chi connectivity index (χ4n) is 2.48. The lowest BCUT2D eigenvalue weighted by atomic mass is 9.96. The Morgan fingerprint density at radius 3 is 2.62 bits per heavy atom. The second-order valence-corrected chi connectivity index (χ2v) is 7.04. The lowest BCUT2D eigenvalue weighted by Gasteiger charge is -2.17. The summed E-state index contributed by atoms with van der Waals surface area (Å²) < 4.78 is 0. The van der Waals surface area contributed by atoms with Gasteiger partial charge < -0.3 is 15.7 Å². The molecule has 0 saturated carbocycles. The third-order valence-corrected chi connectivity index (χ3v) is 5.09. The highest BCUT2D eigenvalue weighted by atomic mass is 32.1. The topological polar surface area (TPSA) is 74.2 Å². The first-order valence-electron chi connectivity index (χ1n) is 8.20. The molecule has 0 aliphatic carbocycles. The summed E-state index contributed by atoms with van der Waals surface area (Å²) in [6, 6.07) is 9.76. The summed E-state index contributed by atoms with van der Waals surface area (Å²) in [5, 5.41) is 16.0. The lowest BCUT2D eigenvalue weighted by molar-refractivity contribution is 0.237. The predicted octanol–water partition coefficient (Wildman–Crippen LogP) is 2.77. The molecule has 1 atom stereocenters. The number of benzene rings is 1. The number of aryl methyl sites for hydroxylation is 2. The van der Waals surface area contributed by atoms with Gasteiger partial charge in [-0.3, -0.25) is 0 Å². The number of hydrogen-bond donors (Lipinski definition) is 3. The summed E-state index contributed by atoms with van der Waals surface area (Å²) in [7, 11) is 0. The number of aromatic nitrogens is 1. The number of nitrogens with one attached hydrogen (secondary N) is 2. The minimum atomic E-state index is -0.182. The monoisotopic (exact) mass is 347 g/mol. The van der Waals surface area contributed by atoms with Gasteiger partial charge >= 0.3 is 6.03 Å². The Balaban J connectivity index is 1.74. The van der Waals surface area contributed by atoms with E-state index >= 15 is 0 Å². The van der Waals surface area contributed by atoms with E-state index in [2.05, 4.69) is 22.5 Å². The van der Waals surface area contributed by atoms with Gasteiger partial charge in [-0.1, -0.05) is 30.3 Å². The van der Waals surface area contributed by atoms with E-state index in [4.69, 9.17) is 0 Å². The van der Waals surface area contributed by atoms with Crippen molar-refractivity contribution in [3.63, 3.8) is 0 Å². The van der Waals surface area contributed by atoms with Crippen LogP contribution in [0.3, 0.4) is 0 Å². The Bertz CT molecular complexity index is 623. The number of carbonyl (C=O) groups is 1. The number of urea groups is 1. The van der Waals surface area contributed by atoms with Crippen LogP contribution in [0.25, 0.3) is 0 Å². The Morgan fingerprint density at radius 2 is 2.00 bits per heavy atom. The molecule has 2 rings (SSSR count). The zero-order chi connectivity index (χ0) is 17.4. The maximum atomic E-state index is 11.9. The molecule has 0 aliphatic heterocycles. The highest BCUT2D eigenvalue weighted by Crippen LogP contribution is 2.18. The van der Waals surface area contributed by atoms with Gasteiger partial charge in [-0.05, 0) is 25.8 Å². The predicted molar refractivity (Wildman–Crippen MR) is 97.6 cm³/mol. The van der Waals surface area contributed by atoms with Gasteiger partial charge in [-0.25, -0.2) is 9.78 Å². The van der Waals surface area contributed by atoms with E-state index in [1.807, 2.05) is 37.3 Å². The molecule has 1 unspecified atom stereocenters. The SMILES string of the molecule is Cc1nc(CCNC(=O)NCC(CCO)c2ccccc2)sc1C. The molecule has 0 aliphatic rings. The summed E-state index contributed by atoms with van der Waals surface area (Å²) >= 11 is 1.68. The standard InChI is InChI=1S/C18H25N3O2S/c1-13-14(2)24-17(21-13)8-10-19-18(23)20-12-16(9-11-22)15-6-4-3-5-7-15/h3-7,16,22H,8-12H2,1-2H3,(H2,19,20,23). The number of hydrogen-bond acceptors (Lipinski definition) is 4. The quantitative estimate of drug-likeness (QED) is 0.687. The number of nitrogens with zero attached hydrogens (tertiary/aromatic N) is 1. The van der Waals surface area contributed by atoms with Gasteiger partial charge in [0.1, 0.15) is 0 Å². The van der Waals surface area contributed by atoms with Crippen LogP contribution in [-0.2, 0) is 6.42 Å². The molecule has 3 N–H and O–H groups in total. The maximum Gasteiger partial charge on any atom is 0.314 e. The lowest BCUT2D eigenvalue weighted by Crippen LogP contribution is -2.38. The van der Waals surface area contributed by atoms with Gasteiger partial charge in [0, 0.05) is 36.9 Å². The molecule has 1 aromatic heterocycles. The summed E-state index contributed by atoms with van der Waals surface area (Å²) in [6.45, 7) is 5.23. The van der Waals surface area contributed by atoms with Crippen molar-refractivity contribution in [2.75, 3.05) is 19.7 Å². The minimum absolute atomic E-state index is 0.103. The Morgan fingerprint density at radius 1 is 1.25 bits per heavy atom. The normalized spacial score (nSPS) is 12.0.